The van der Waals surface area contributed by atoms with Crippen LogP contribution in [0, 0.1) is 13.8 Å². The minimum absolute atomic E-state index is 0.0559. The summed E-state index contributed by atoms with van der Waals surface area (Å²) >= 11 is 0. The third kappa shape index (κ3) is 14.1. The van der Waals surface area contributed by atoms with Gasteiger partial charge in [-0.15, -0.1) is 0 Å². The van der Waals surface area contributed by atoms with Gasteiger partial charge in [0, 0.05) is 101 Å². The molecule has 4 aromatic carbocycles. The number of benzene rings is 4. The van der Waals surface area contributed by atoms with Crippen molar-refractivity contribution in [3.8, 4) is 11.3 Å². The van der Waals surface area contributed by atoms with Crippen molar-refractivity contribution >= 4 is 57.9 Å². The van der Waals surface area contributed by atoms with Gasteiger partial charge < -0.3 is 63.3 Å². The average molecular weight is 1290 g/mol. The SMILES string of the molecule is Cc1cc(CC(OC(=O)N2CCC(n3cc(-c4ccccc4)[nH]c3=O)CC2)C(=O)N2CCC(N3CCCCC3)CC2)cc2oc(=O)[nH]c12.Cc1cc(CC(OC(=O)N2CCC3(CC2)NC(=O)Nc2ccccc23)C(=O)N2CCC(N3CCCCC3)CC2)cc2oc(=O)[nH]c12. The molecule has 5 N–H and O–H groups in total. The molecule has 6 fully saturated rings. The lowest BCUT2D eigenvalue weighted by molar-refractivity contribution is -0.143. The van der Waals surface area contributed by atoms with E-state index in [-0.39, 0.29) is 42.4 Å². The van der Waals surface area contributed by atoms with Crippen LogP contribution in [0.4, 0.5) is 20.1 Å². The lowest BCUT2D eigenvalue weighted by atomic mass is 9.79. The summed E-state index contributed by atoms with van der Waals surface area (Å²) in [5, 5.41) is 5.97. The number of aromatic nitrogens is 4. The summed E-state index contributed by atoms with van der Waals surface area (Å²) in [6.45, 7) is 12.3. The lowest BCUT2D eigenvalue weighted by Crippen LogP contribution is -2.58. The van der Waals surface area contributed by atoms with E-state index in [9.17, 15) is 38.4 Å². The Kier molecular flexibility index (Phi) is 19.0. The van der Waals surface area contributed by atoms with Crippen molar-refractivity contribution in [3.63, 3.8) is 0 Å². The molecule has 94 heavy (non-hydrogen) atoms. The molecule has 498 valence electrons. The number of anilines is 1. The molecule has 7 aliphatic rings. The van der Waals surface area contributed by atoms with E-state index >= 15 is 0 Å². The van der Waals surface area contributed by atoms with E-state index in [2.05, 4.69) is 35.4 Å². The fraction of sp³-hybridized carbons (Fsp3) is 0.514. The molecule has 2 unspecified atom stereocenters. The summed E-state index contributed by atoms with van der Waals surface area (Å²) in [5.74, 6) is -1.48. The predicted molar refractivity (Wildman–Crippen MR) is 353 cm³/mol. The Balaban J connectivity index is 0.000000171. The number of ether oxygens (including phenoxy) is 2. The van der Waals surface area contributed by atoms with E-state index in [0.717, 1.165) is 96.6 Å². The van der Waals surface area contributed by atoms with Crippen LogP contribution in [0.5, 0.6) is 0 Å². The third-order valence-corrected chi connectivity index (χ3v) is 20.7. The molecule has 0 saturated carbocycles. The average Bonchev–Trinajstić information content (AvgIpc) is 1.01. The molecule has 0 radical (unpaired) electrons. The Morgan fingerprint density at radius 3 is 1.50 bits per heavy atom. The number of aromatic amines is 3. The Labute approximate surface area is 544 Å². The van der Waals surface area contributed by atoms with Gasteiger partial charge in [-0.25, -0.2) is 28.8 Å². The number of H-pyrrole nitrogens is 3. The molecule has 24 heteroatoms. The second-order valence-corrected chi connectivity index (χ2v) is 26.7. The Morgan fingerprint density at radius 1 is 0.532 bits per heavy atom. The molecular formula is C70H86N12O12. The van der Waals surface area contributed by atoms with E-state index in [4.69, 9.17) is 18.3 Å². The maximum atomic E-state index is 14.1. The Hall–Kier alpha value is -8.90. The van der Waals surface area contributed by atoms with Crippen LogP contribution in [0.15, 0.2) is 108 Å². The van der Waals surface area contributed by atoms with Crippen LogP contribution in [-0.2, 0) is 37.4 Å². The molecule has 6 saturated heterocycles. The minimum Gasteiger partial charge on any atom is -0.436 e. The van der Waals surface area contributed by atoms with Crippen LogP contribution in [0.25, 0.3) is 33.5 Å². The van der Waals surface area contributed by atoms with Gasteiger partial charge in [-0.2, -0.15) is 0 Å². The topological polar surface area (TPSA) is 277 Å². The molecule has 0 bridgehead atoms. The first-order valence-electron chi connectivity index (χ1n) is 33.9. The number of nitrogens with zero attached hydrogens (tertiary/aromatic N) is 7. The number of urea groups is 1. The minimum atomic E-state index is -1.03. The van der Waals surface area contributed by atoms with Gasteiger partial charge in [0.05, 0.1) is 22.3 Å². The monoisotopic (exact) mass is 1290 g/mol. The summed E-state index contributed by atoms with van der Waals surface area (Å²) < 4.78 is 24.5. The zero-order chi connectivity index (χ0) is 65.0. The number of piperidine rings is 6. The van der Waals surface area contributed by atoms with E-state index in [1.807, 2.05) is 96.6 Å². The Morgan fingerprint density at radius 2 is 0.989 bits per heavy atom. The van der Waals surface area contributed by atoms with Gasteiger partial charge in [0.2, 0.25) is 0 Å². The highest BCUT2D eigenvalue weighted by atomic mass is 16.6. The number of fused-ring (bicyclic) bond motifs is 4. The number of hydrogen-bond acceptors (Lipinski definition) is 14. The Bertz CT molecular complexity index is 4050. The number of rotatable bonds is 12. The summed E-state index contributed by atoms with van der Waals surface area (Å²) in [6, 6.07) is 25.4. The lowest BCUT2D eigenvalue weighted by Gasteiger charge is -2.45. The molecule has 14 rings (SSSR count). The maximum absolute atomic E-state index is 14.1. The van der Waals surface area contributed by atoms with Gasteiger partial charge in [-0.3, -0.25) is 24.1 Å². The molecule has 24 nitrogen and oxygen atoms in total. The highest BCUT2D eigenvalue weighted by Gasteiger charge is 2.44. The van der Waals surface area contributed by atoms with Gasteiger partial charge in [-0.1, -0.05) is 73.5 Å². The van der Waals surface area contributed by atoms with Crippen molar-refractivity contribution in [2.75, 3.05) is 83.9 Å². The molecule has 0 aliphatic carbocycles. The van der Waals surface area contributed by atoms with Crippen molar-refractivity contribution in [3.05, 3.63) is 144 Å². The summed E-state index contributed by atoms with van der Waals surface area (Å²) in [5.41, 5.74) is 7.90. The van der Waals surface area contributed by atoms with Crippen molar-refractivity contribution in [1.82, 2.24) is 54.2 Å². The van der Waals surface area contributed by atoms with E-state index in [1.165, 1.54) is 38.5 Å². The van der Waals surface area contributed by atoms with Crippen LogP contribution < -0.4 is 27.8 Å². The number of oxazole rings is 2. The standard InChI is InChI=1S/C36H44N6O6.C34H42N6O6/c1-24-20-25(21-30-32(24)38-35(45)47-30)22-31(33(43)40-16-10-27(11-17-40)39-14-6-3-7-15-39)48-36(46)41-18-12-28(13-19-41)42-23-29(37-34(42)44)26-8-4-2-5-9-26;1-22-19-23(20-27-29(22)36-32(43)45-27)21-28(30(41)39-15-9-24(10-16-39)38-13-5-2-6-14-38)46-33(44)40-17-11-34(12-18-40)25-7-3-4-8-26(25)35-31(42)37-34/h2,4-5,8-9,20-21,23,27-28,31H,3,6-7,10-19,22H2,1H3,(H,37,44)(H,38,45);3-4,7-8,19-20,24,28H,2,5-6,9-18,21H2,1H3,(H,36,43)(H2,35,37,42). The van der Waals surface area contributed by atoms with Crippen molar-refractivity contribution in [2.24, 2.45) is 0 Å². The smallest absolute Gasteiger partial charge is 0.417 e. The number of carbonyl (C=O) groups excluding carboxylic acids is 5. The first kappa shape index (κ1) is 63.8. The van der Waals surface area contributed by atoms with Crippen molar-refractivity contribution in [1.29, 1.82) is 0 Å². The highest BCUT2D eigenvalue weighted by molar-refractivity contribution is 5.94. The van der Waals surface area contributed by atoms with Crippen LogP contribution in [0.3, 0.4) is 0 Å². The second kappa shape index (κ2) is 28.0. The zero-order valence-electron chi connectivity index (χ0n) is 53.8. The van der Waals surface area contributed by atoms with Gasteiger partial charge in [0.25, 0.3) is 11.8 Å². The van der Waals surface area contributed by atoms with Gasteiger partial charge in [0.1, 0.15) is 0 Å². The fourth-order valence-electron chi connectivity index (χ4n) is 15.6. The number of likely N-dealkylation sites (tertiary alicyclic amines) is 6. The van der Waals surface area contributed by atoms with E-state index in [1.54, 1.807) is 26.5 Å². The third-order valence-electron chi connectivity index (χ3n) is 20.7. The largest absolute Gasteiger partial charge is 0.436 e. The number of carbonyl (C=O) groups is 5. The summed E-state index contributed by atoms with van der Waals surface area (Å²) in [7, 11) is 0. The van der Waals surface area contributed by atoms with E-state index in [0.29, 0.717) is 112 Å². The molecule has 7 aromatic rings. The number of hydrogen-bond donors (Lipinski definition) is 5. The van der Waals surface area contributed by atoms with Crippen LogP contribution in [0.2, 0.25) is 0 Å². The number of para-hydroxylation sites is 1. The number of imidazole rings is 1. The normalized spacial score (nSPS) is 20.0. The van der Waals surface area contributed by atoms with Crippen molar-refractivity contribution in [2.45, 2.75) is 152 Å². The van der Waals surface area contributed by atoms with Crippen molar-refractivity contribution < 1.29 is 42.3 Å². The van der Waals surface area contributed by atoms with Crippen LogP contribution in [0.1, 0.15) is 124 Å². The van der Waals surface area contributed by atoms with Crippen LogP contribution in [-0.4, -0.2) is 182 Å². The number of aryl methyl sites for hydroxylation is 2. The molecule has 7 aliphatic heterocycles. The molecule has 10 heterocycles. The summed E-state index contributed by atoms with van der Waals surface area (Å²) in [4.78, 5) is 125. The first-order valence-corrected chi connectivity index (χ1v) is 33.9. The van der Waals surface area contributed by atoms with Crippen LogP contribution >= 0.6 is 0 Å². The maximum Gasteiger partial charge on any atom is 0.417 e. The summed E-state index contributed by atoms with van der Waals surface area (Å²) in [6.07, 6.45) is 12.4. The molecule has 2 atom stereocenters. The molecule has 3 aromatic heterocycles. The first-order chi connectivity index (χ1) is 45.6. The molecule has 6 amide bonds. The molecular weight excluding hydrogens is 1200 g/mol. The zero-order valence-corrected chi connectivity index (χ0v) is 53.8. The quantitative estimate of drug-likeness (QED) is 0.0767. The van der Waals surface area contributed by atoms with E-state index < -0.39 is 41.4 Å². The second-order valence-electron chi connectivity index (χ2n) is 26.7. The highest BCUT2D eigenvalue weighted by Crippen LogP contribution is 2.40. The van der Waals surface area contributed by atoms with Gasteiger partial charge in [0.15, 0.2) is 23.4 Å². The number of amides is 6. The van der Waals surface area contributed by atoms with Gasteiger partial charge >= 0.3 is 35.4 Å². The predicted octanol–water partition coefficient (Wildman–Crippen LogP) is 8.53. The number of nitrogens with one attached hydrogen (secondary N) is 5. The van der Waals surface area contributed by atoms with Gasteiger partial charge in [-0.05, 0) is 163 Å². The fourth-order valence-corrected chi connectivity index (χ4v) is 15.6. The molecule has 1 spiro atoms.